The molecule has 1 fully saturated rings. The summed E-state index contributed by atoms with van der Waals surface area (Å²) in [5, 5.41) is 13.2. The van der Waals surface area contributed by atoms with Gasteiger partial charge < -0.3 is 19.6 Å². The molecule has 1 saturated heterocycles. The summed E-state index contributed by atoms with van der Waals surface area (Å²) in [7, 11) is 5.39. The fourth-order valence-corrected chi connectivity index (χ4v) is 4.15. The van der Waals surface area contributed by atoms with Crippen LogP contribution in [0.4, 0.5) is 0 Å². The monoisotopic (exact) mass is 430 g/mol. The number of ether oxygens (including phenoxy) is 1. The van der Waals surface area contributed by atoms with Crippen LogP contribution < -0.4 is 4.74 Å². The van der Waals surface area contributed by atoms with Crippen molar-refractivity contribution >= 4 is 28.2 Å². The summed E-state index contributed by atoms with van der Waals surface area (Å²) in [5.74, 6) is -0.838. The van der Waals surface area contributed by atoms with E-state index in [1.807, 2.05) is 67.5 Å². The second kappa shape index (κ2) is 8.85. The van der Waals surface area contributed by atoms with Crippen molar-refractivity contribution in [3.05, 3.63) is 83.4 Å². The molecule has 1 aliphatic heterocycles. The van der Waals surface area contributed by atoms with E-state index in [2.05, 4.69) is 0 Å². The molecular formula is C26H26N2O4. The number of carbonyl (C=O) groups is 2. The van der Waals surface area contributed by atoms with Gasteiger partial charge in [-0.05, 0) is 42.6 Å². The summed E-state index contributed by atoms with van der Waals surface area (Å²) in [6.07, 6.45) is 0. The maximum absolute atomic E-state index is 13.2. The average molecular weight is 431 g/mol. The minimum Gasteiger partial charge on any atom is -0.507 e. The van der Waals surface area contributed by atoms with Crippen molar-refractivity contribution in [1.29, 1.82) is 0 Å². The Labute approximate surface area is 187 Å². The van der Waals surface area contributed by atoms with Gasteiger partial charge in [0.25, 0.3) is 11.7 Å². The number of ketones is 1. The summed E-state index contributed by atoms with van der Waals surface area (Å²) in [4.78, 5) is 29.7. The molecule has 1 N–H and O–H groups in total. The van der Waals surface area contributed by atoms with Gasteiger partial charge in [0.1, 0.15) is 11.5 Å². The molecule has 0 saturated carbocycles. The lowest BCUT2D eigenvalue weighted by Gasteiger charge is -2.27. The molecule has 4 rings (SSSR count). The van der Waals surface area contributed by atoms with Crippen LogP contribution in [0, 0.1) is 0 Å². The molecule has 1 heterocycles. The Morgan fingerprint density at radius 2 is 1.75 bits per heavy atom. The molecule has 0 radical (unpaired) electrons. The highest BCUT2D eigenvalue weighted by Gasteiger charge is 2.46. The largest absolute Gasteiger partial charge is 0.507 e. The smallest absolute Gasteiger partial charge is 0.295 e. The maximum Gasteiger partial charge on any atom is 0.295 e. The molecule has 1 aliphatic rings. The highest BCUT2D eigenvalue weighted by molar-refractivity contribution is 6.46. The standard InChI is InChI=1S/C26H26N2O4/c1-27(2)14-15-28-23(18-10-6-11-19(16-18)32-3)22(25(30)26(28)31)24(29)21-13-7-9-17-8-4-5-12-20(17)21/h4-13,16,23,29H,14-15H2,1-3H3/b24-22-. The second-order valence-corrected chi connectivity index (χ2v) is 8.10. The van der Waals surface area contributed by atoms with Crippen molar-refractivity contribution < 1.29 is 19.4 Å². The highest BCUT2D eigenvalue weighted by Crippen LogP contribution is 2.41. The first-order chi connectivity index (χ1) is 15.4. The summed E-state index contributed by atoms with van der Waals surface area (Å²) >= 11 is 0. The van der Waals surface area contributed by atoms with Crippen LogP contribution in [-0.2, 0) is 9.59 Å². The number of nitrogens with zero attached hydrogens (tertiary/aromatic N) is 2. The summed E-state index contributed by atoms with van der Waals surface area (Å²) in [5.41, 5.74) is 1.34. The number of carbonyl (C=O) groups excluding carboxylic acids is 2. The van der Waals surface area contributed by atoms with Crippen molar-refractivity contribution in [2.24, 2.45) is 0 Å². The topological polar surface area (TPSA) is 70.1 Å². The molecular weight excluding hydrogens is 404 g/mol. The van der Waals surface area contributed by atoms with E-state index in [1.54, 1.807) is 25.3 Å². The number of hydrogen-bond acceptors (Lipinski definition) is 5. The van der Waals surface area contributed by atoms with E-state index in [0.29, 0.717) is 30.0 Å². The Balaban J connectivity index is 1.92. The van der Waals surface area contributed by atoms with Gasteiger partial charge in [-0.2, -0.15) is 0 Å². The molecule has 3 aromatic rings. The predicted molar refractivity (Wildman–Crippen MR) is 125 cm³/mol. The zero-order chi connectivity index (χ0) is 22.8. The molecule has 0 spiro atoms. The number of aliphatic hydroxyl groups excluding tert-OH is 1. The Morgan fingerprint density at radius 1 is 1.03 bits per heavy atom. The third-order valence-electron chi connectivity index (χ3n) is 5.78. The highest BCUT2D eigenvalue weighted by atomic mass is 16.5. The van der Waals surface area contributed by atoms with E-state index >= 15 is 0 Å². The van der Waals surface area contributed by atoms with Crippen molar-refractivity contribution in [1.82, 2.24) is 9.80 Å². The number of aliphatic hydroxyl groups is 1. The summed E-state index contributed by atoms with van der Waals surface area (Å²) in [6, 6.07) is 19.8. The number of benzene rings is 3. The first-order valence-corrected chi connectivity index (χ1v) is 10.5. The van der Waals surface area contributed by atoms with Crippen LogP contribution in [0.1, 0.15) is 17.2 Å². The van der Waals surface area contributed by atoms with Crippen LogP contribution in [0.2, 0.25) is 0 Å². The summed E-state index contributed by atoms with van der Waals surface area (Å²) in [6.45, 7) is 0.938. The molecule has 1 atom stereocenters. The van der Waals surface area contributed by atoms with Gasteiger partial charge >= 0.3 is 0 Å². The predicted octanol–water partition coefficient (Wildman–Crippen LogP) is 3.83. The second-order valence-electron chi connectivity index (χ2n) is 8.10. The number of fused-ring (bicyclic) bond motifs is 1. The number of likely N-dealkylation sites (tertiary alicyclic amines) is 1. The van der Waals surface area contributed by atoms with Gasteiger partial charge in [-0.1, -0.05) is 54.6 Å². The van der Waals surface area contributed by atoms with Gasteiger partial charge in [0, 0.05) is 18.7 Å². The van der Waals surface area contributed by atoms with Crippen molar-refractivity contribution in [2.75, 3.05) is 34.3 Å². The van der Waals surface area contributed by atoms with Crippen LogP contribution in [0.5, 0.6) is 5.75 Å². The molecule has 6 nitrogen and oxygen atoms in total. The van der Waals surface area contributed by atoms with Crippen LogP contribution in [0.15, 0.2) is 72.3 Å². The van der Waals surface area contributed by atoms with Gasteiger partial charge in [0.05, 0.1) is 18.7 Å². The van der Waals surface area contributed by atoms with E-state index in [0.717, 1.165) is 10.8 Å². The Kier molecular flexibility index (Phi) is 5.97. The van der Waals surface area contributed by atoms with Gasteiger partial charge in [-0.15, -0.1) is 0 Å². The molecule has 0 aromatic heterocycles. The molecule has 32 heavy (non-hydrogen) atoms. The average Bonchev–Trinajstić information content (AvgIpc) is 3.06. The van der Waals surface area contributed by atoms with Crippen molar-refractivity contribution in [3.8, 4) is 5.75 Å². The maximum atomic E-state index is 13.2. The molecule has 1 unspecified atom stereocenters. The van der Waals surface area contributed by atoms with Gasteiger partial charge in [-0.25, -0.2) is 0 Å². The molecule has 6 heteroatoms. The van der Waals surface area contributed by atoms with Crippen molar-refractivity contribution in [3.63, 3.8) is 0 Å². The fraction of sp³-hybridized carbons (Fsp3) is 0.231. The molecule has 0 aliphatic carbocycles. The molecule has 164 valence electrons. The third-order valence-corrected chi connectivity index (χ3v) is 5.78. The zero-order valence-electron chi connectivity index (χ0n) is 18.4. The van der Waals surface area contributed by atoms with Crippen molar-refractivity contribution in [2.45, 2.75) is 6.04 Å². The number of hydrogen-bond donors (Lipinski definition) is 1. The number of rotatable bonds is 6. The van der Waals surface area contributed by atoms with Gasteiger partial charge in [-0.3, -0.25) is 9.59 Å². The van der Waals surface area contributed by atoms with Crippen LogP contribution in [0.25, 0.3) is 16.5 Å². The van der Waals surface area contributed by atoms with E-state index in [-0.39, 0.29) is 11.3 Å². The minimum atomic E-state index is -0.705. The molecule has 3 aromatic carbocycles. The van der Waals surface area contributed by atoms with Gasteiger partial charge in [0.15, 0.2) is 0 Å². The van der Waals surface area contributed by atoms with Crippen LogP contribution in [-0.4, -0.2) is 60.9 Å². The van der Waals surface area contributed by atoms with Gasteiger partial charge in [0.2, 0.25) is 0 Å². The summed E-state index contributed by atoms with van der Waals surface area (Å²) < 4.78 is 5.36. The quantitative estimate of drug-likeness (QED) is 0.366. The third kappa shape index (κ3) is 3.85. The normalized spacial score (nSPS) is 18.0. The lowest BCUT2D eigenvalue weighted by atomic mass is 9.93. The minimum absolute atomic E-state index is 0.0957. The Bertz CT molecular complexity index is 1210. The SMILES string of the molecule is COc1cccc(C2/C(=C(/O)c3cccc4ccccc34)C(=O)C(=O)N2CCN(C)C)c1. The lowest BCUT2D eigenvalue weighted by molar-refractivity contribution is -0.140. The van der Waals surface area contributed by atoms with Crippen LogP contribution >= 0.6 is 0 Å². The van der Waals surface area contributed by atoms with E-state index < -0.39 is 17.7 Å². The van der Waals surface area contributed by atoms with E-state index in [9.17, 15) is 14.7 Å². The van der Waals surface area contributed by atoms with Crippen LogP contribution in [0.3, 0.4) is 0 Å². The first-order valence-electron chi connectivity index (χ1n) is 10.5. The Hall–Kier alpha value is -3.64. The molecule has 0 bridgehead atoms. The number of methoxy groups -OCH3 is 1. The number of likely N-dealkylation sites (N-methyl/N-ethyl adjacent to an activating group) is 1. The molecule has 1 amide bonds. The fourth-order valence-electron chi connectivity index (χ4n) is 4.15. The zero-order valence-corrected chi connectivity index (χ0v) is 18.4. The number of amides is 1. The number of Topliss-reactive ketones (excluding diaryl/α,β-unsaturated/α-hetero) is 1. The van der Waals surface area contributed by atoms with E-state index in [4.69, 9.17) is 4.74 Å². The Morgan fingerprint density at radius 3 is 2.50 bits per heavy atom. The first kappa shape index (κ1) is 21.6. The van der Waals surface area contributed by atoms with E-state index in [1.165, 1.54) is 4.90 Å². The lowest BCUT2D eigenvalue weighted by Crippen LogP contribution is -2.35.